The Morgan fingerprint density at radius 3 is 2.68 bits per heavy atom. The van der Waals surface area contributed by atoms with Crippen molar-refractivity contribution in [1.82, 2.24) is 15.2 Å². The molecule has 2 aromatic rings. The second-order valence-electron chi connectivity index (χ2n) is 9.17. The number of rotatable bonds is 9. The van der Waals surface area contributed by atoms with E-state index in [0.29, 0.717) is 44.6 Å². The summed E-state index contributed by atoms with van der Waals surface area (Å²) < 4.78 is 53.2. The van der Waals surface area contributed by atoms with Gasteiger partial charge in [-0.25, -0.2) is 0 Å². The van der Waals surface area contributed by atoms with Crippen LogP contribution in [0.15, 0.2) is 42.1 Å². The van der Waals surface area contributed by atoms with Crippen LogP contribution >= 0.6 is 0 Å². The molecule has 0 radical (unpaired) electrons. The molecule has 1 aliphatic heterocycles. The third-order valence-corrected chi connectivity index (χ3v) is 6.81. The largest absolute Gasteiger partial charge is 0.401 e. The van der Waals surface area contributed by atoms with E-state index in [-0.39, 0.29) is 12.7 Å². The van der Waals surface area contributed by atoms with Crippen LogP contribution < -0.4 is 10.6 Å². The number of anilines is 1. The van der Waals surface area contributed by atoms with E-state index < -0.39 is 18.8 Å². The van der Waals surface area contributed by atoms with E-state index in [4.69, 9.17) is 0 Å². The zero-order valence-corrected chi connectivity index (χ0v) is 19.7. The van der Waals surface area contributed by atoms with Crippen molar-refractivity contribution >= 4 is 11.3 Å². The highest BCUT2D eigenvalue weighted by Crippen LogP contribution is 2.49. The van der Waals surface area contributed by atoms with Crippen LogP contribution in [0.2, 0.25) is 0 Å². The number of halogens is 4. The van der Waals surface area contributed by atoms with Crippen molar-refractivity contribution in [3.8, 4) is 0 Å². The first-order valence-corrected chi connectivity index (χ1v) is 11.9. The molecule has 0 saturated heterocycles. The van der Waals surface area contributed by atoms with Crippen molar-refractivity contribution in [3.63, 3.8) is 0 Å². The highest BCUT2D eigenvalue weighted by Gasteiger charge is 2.44. The van der Waals surface area contributed by atoms with Crippen LogP contribution in [0.4, 0.5) is 23.2 Å². The lowest BCUT2D eigenvalue weighted by atomic mass is 9.85. The van der Waals surface area contributed by atoms with Crippen molar-refractivity contribution < 1.29 is 17.6 Å². The minimum atomic E-state index is -4.30. The number of benzene rings is 1. The predicted molar refractivity (Wildman–Crippen MR) is 128 cm³/mol. The summed E-state index contributed by atoms with van der Waals surface area (Å²) in [5, 5.41) is 6.54. The molecular formula is C26H32F4N4. The lowest BCUT2D eigenvalue weighted by molar-refractivity contribution is -0.155. The molecule has 0 bridgehead atoms. The normalized spacial score (nSPS) is 20.4. The van der Waals surface area contributed by atoms with Crippen LogP contribution in [-0.4, -0.2) is 55.0 Å². The van der Waals surface area contributed by atoms with E-state index in [0.717, 1.165) is 22.4 Å². The molecule has 34 heavy (non-hydrogen) atoms. The third-order valence-electron chi connectivity index (χ3n) is 6.81. The summed E-state index contributed by atoms with van der Waals surface area (Å²) >= 11 is 0. The topological polar surface area (TPSA) is 40.2 Å². The minimum absolute atomic E-state index is 0.269. The van der Waals surface area contributed by atoms with E-state index in [2.05, 4.69) is 27.8 Å². The molecule has 1 aromatic heterocycles. The first-order valence-electron chi connectivity index (χ1n) is 11.9. The van der Waals surface area contributed by atoms with Gasteiger partial charge in [0, 0.05) is 31.0 Å². The fourth-order valence-electron chi connectivity index (χ4n) is 5.22. The molecule has 2 N–H and O–H groups in total. The van der Waals surface area contributed by atoms with Gasteiger partial charge in [0.25, 0.3) is 0 Å². The number of nitrogens with one attached hydrogen (secondary N) is 2. The van der Waals surface area contributed by atoms with Crippen LogP contribution in [-0.2, 0) is 6.42 Å². The monoisotopic (exact) mass is 476 g/mol. The van der Waals surface area contributed by atoms with Crippen molar-refractivity contribution in [2.24, 2.45) is 0 Å². The van der Waals surface area contributed by atoms with Crippen LogP contribution in [0.3, 0.4) is 0 Å². The molecule has 8 heteroatoms. The number of alkyl halides is 4. The average molecular weight is 477 g/mol. The third kappa shape index (κ3) is 5.28. The van der Waals surface area contributed by atoms with Gasteiger partial charge < -0.3 is 10.6 Å². The number of fused-ring (bicyclic) bond motifs is 2. The Bertz CT molecular complexity index is 1030. The van der Waals surface area contributed by atoms with Gasteiger partial charge in [0.05, 0.1) is 25.0 Å². The van der Waals surface area contributed by atoms with Gasteiger partial charge in [0.1, 0.15) is 0 Å². The van der Waals surface area contributed by atoms with E-state index in [1.807, 2.05) is 32.0 Å². The van der Waals surface area contributed by atoms with Gasteiger partial charge in [-0.1, -0.05) is 24.3 Å². The second kappa shape index (κ2) is 10.4. The Labute approximate surface area is 198 Å². The van der Waals surface area contributed by atoms with Crippen LogP contribution in [0.1, 0.15) is 48.2 Å². The fraction of sp³-hybridized carbons (Fsp3) is 0.500. The Morgan fingerprint density at radius 1 is 1.12 bits per heavy atom. The lowest BCUT2D eigenvalue weighted by Gasteiger charge is -2.42. The Balaban J connectivity index is 1.66. The molecule has 184 valence electrons. The average Bonchev–Trinajstić information content (AvgIpc) is 3.15. The highest BCUT2D eigenvalue weighted by molar-refractivity contribution is 5.79. The molecular weight excluding hydrogens is 444 g/mol. The quantitative estimate of drug-likeness (QED) is 0.373. The number of aromatic nitrogens is 1. The summed E-state index contributed by atoms with van der Waals surface area (Å²) in [6.07, 6.45) is -0.901. The molecule has 4 rings (SSSR count). The van der Waals surface area contributed by atoms with Crippen LogP contribution in [0.5, 0.6) is 0 Å². The zero-order valence-electron chi connectivity index (χ0n) is 19.7. The molecule has 2 heterocycles. The maximum atomic E-state index is 13.7. The first-order chi connectivity index (χ1) is 16.3. The van der Waals surface area contributed by atoms with Crippen LogP contribution in [0, 0.1) is 6.92 Å². The van der Waals surface area contributed by atoms with Crippen molar-refractivity contribution in [1.29, 1.82) is 0 Å². The number of hydrogen-bond acceptors (Lipinski definition) is 4. The standard InChI is InChI=1S/C26H32F4N4/c1-17-14-21-20-7-4-3-6-19(20)15-22(21)25(34(17)16-26(28,29)30)24-18(2)23(8-11-33-24)32-13-12-31-10-5-9-27/h3-4,6-8,11,17,25,31H,5,9-10,12-16H2,1-2H3,(H,32,33)/t17-,25+/m1/s1. The molecule has 2 atom stereocenters. The Morgan fingerprint density at radius 2 is 1.91 bits per heavy atom. The maximum absolute atomic E-state index is 13.7. The van der Waals surface area contributed by atoms with E-state index >= 15 is 0 Å². The second-order valence-corrected chi connectivity index (χ2v) is 9.17. The van der Waals surface area contributed by atoms with Gasteiger partial charge in [-0.3, -0.25) is 14.3 Å². The molecule has 2 aliphatic rings. The van der Waals surface area contributed by atoms with E-state index in [1.165, 1.54) is 11.1 Å². The maximum Gasteiger partial charge on any atom is 0.401 e. The summed E-state index contributed by atoms with van der Waals surface area (Å²) in [6, 6.07) is 9.18. The van der Waals surface area contributed by atoms with Crippen molar-refractivity contribution in [2.75, 3.05) is 38.2 Å². The van der Waals surface area contributed by atoms with Gasteiger partial charge in [0.15, 0.2) is 0 Å². The molecule has 0 saturated carbocycles. The van der Waals surface area contributed by atoms with Gasteiger partial charge >= 0.3 is 6.18 Å². The molecule has 0 amide bonds. The summed E-state index contributed by atoms with van der Waals surface area (Å²) in [6.45, 7) is 4.40. The van der Waals surface area contributed by atoms with Gasteiger partial charge in [-0.05, 0) is 73.6 Å². The highest BCUT2D eigenvalue weighted by atomic mass is 19.4. The summed E-state index contributed by atoms with van der Waals surface area (Å²) in [5.41, 5.74) is 6.93. The summed E-state index contributed by atoms with van der Waals surface area (Å²) in [7, 11) is 0. The van der Waals surface area contributed by atoms with Gasteiger partial charge in [-0.2, -0.15) is 13.2 Å². The first kappa shape index (κ1) is 24.7. The number of nitrogens with zero attached hydrogens (tertiary/aromatic N) is 2. The SMILES string of the molecule is Cc1c(NCCNCCCF)ccnc1[C@@H]1C2=C(C[C@@H](C)N1CC(F)(F)F)c1ccccc1C2. The zero-order chi connectivity index (χ0) is 24.3. The van der Waals surface area contributed by atoms with E-state index in [1.54, 1.807) is 11.1 Å². The molecule has 0 spiro atoms. The van der Waals surface area contributed by atoms with E-state index in [9.17, 15) is 17.6 Å². The molecule has 1 aliphatic carbocycles. The van der Waals surface area contributed by atoms with Gasteiger partial charge in [0.2, 0.25) is 0 Å². The molecule has 0 fully saturated rings. The van der Waals surface area contributed by atoms with Crippen LogP contribution in [0.25, 0.3) is 5.57 Å². The lowest BCUT2D eigenvalue weighted by Crippen LogP contribution is -2.46. The molecule has 1 aromatic carbocycles. The van der Waals surface area contributed by atoms with Gasteiger partial charge in [-0.15, -0.1) is 0 Å². The van der Waals surface area contributed by atoms with Crippen molar-refractivity contribution in [3.05, 3.63) is 64.5 Å². The summed E-state index contributed by atoms with van der Waals surface area (Å²) in [5.74, 6) is 0. The number of hydrogen-bond donors (Lipinski definition) is 2. The van der Waals surface area contributed by atoms with Crippen molar-refractivity contribution in [2.45, 2.75) is 51.4 Å². The fourth-order valence-corrected chi connectivity index (χ4v) is 5.22. The Hall–Kier alpha value is -2.45. The predicted octanol–water partition coefficient (Wildman–Crippen LogP) is 5.46. The molecule has 4 nitrogen and oxygen atoms in total. The Kier molecular flexibility index (Phi) is 7.57. The smallest absolute Gasteiger partial charge is 0.383 e. The minimum Gasteiger partial charge on any atom is -0.383 e. The molecule has 0 unspecified atom stereocenters. The number of pyridine rings is 1. The summed E-state index contributed by atoms with van der Waals surface area (Å²) in [4.78, 5) is 6.20.